The third-order valence-electron chi connectivity index (χ3n) is 3.63. The zero-order valence-corrected chi connectivity index (χ0v) is 14.6. The van der Waals surface area contributed by atoms with Gasteiger partial charge < -0.3 is 15.6 Å². The highest BCUT2D eigenvalue weighted by Gasteiger charge is 2.15. The molecule has 3 N–H and O–H groups in total. The molecule has 0 radical (unpaired) electrons. The van der Waals surface area contributed by atoms with Crippen LogP contribution in [0.4, 0.5) is 0 Å². The van der Waals surface area contributed by atoms with Gasteiger partial charge >= 0.3 is 5.97 Å². The van der Waals surface area contributed by atoms with Crippen LogP contribution in [0.5, 0.6) is 0 Å². The van der Waals surface area contributed by atoms with Crippen molar-refractivity contribution in [3.05, 3.63) is 71.8 Å². The third kappa shape index (κ3) is 7.40. The van der Waals surface area contributed by atoms with Crippen LogP contribution in [0.3, 0.4) is 0 Å². The lowest BCUT2D eigenvalue weighted by Gasteiger charge is -2.17. The van der Waals surface area contributed by atoms with Crippen molar-refractivity contribution in [1.82, 2.24) is 0 Å². The second-order valence-electron chi connectivity index (χ2n) is 6.01. The van der Waals surface area contributed by atoms with Gasteiger partial charge in [-0.3, -0.25) is 0 Å². The van der Waals surface area contributed by atoms with Gasteiger partial charge in [-0.1, -0.05) is 74.5 Å². The summed E-state index contributed by atoms with van der Waals surface area (Å²) >= 11 is 0. The molecule has 130 valence electrons. The minimum atomic E-state index is -0.966. The lowest BCUT2D eigenvalue weighted by atomic mass is 10.0. The molecule has 2 aromatic carbocycles. The molecule has 0 heterocycles. The van der Waals surface area contributed by atoms with E-state index in [1.807, 2.05) is 67.6 Å². The van der Waals surface area contributed by atoms with Crippen LogP contribution in [0.25, 0.3) is 0 Å². The second kappa shape index (κ2) is 10.6. The van der Waals surface area contributed by atoms with Crippen LogP contribution in [0, 0.1) is 5.92 Å². The van der Waals surface area contributed by atoms with Crippen LogP contribution < -0.4 is 5.73 Å². The summed E-state index contributed by atoms with van der Waals surface area (Å²) in [5.74, 6) is -0.336. The maximum Gasteiger partial charge on any atom is 0.329 e. The number of carboxylic acid groups (broad SMARTS) is 1. The molecule has 4 nitrogen and oxygen atoms in total. The van der Waals surface area contributed by atoms with Gasteiger partial charge in [0.25, 0.3) is 0 Å². The average Bonchev–Trinajstić information content (AvgIpc) is 2.57. The van der Waals surface area contributed by atoms with Crippen molar-refractivity contribution in [3.63, 3.8) is 0 Å². The van der Waals surface area contributed by atoms with Gasteiger partial charge in [0.05, 0.1) is 0 Å². The molecule has 0 aliphatic heterocycles. The predicted octanol–water partition coefficient (Wildman–Crippen LogP) is 3.87. The summed E-state index contributed by atoms with van der Waals surface area (Å²) in [6.07, 6.45) is -0.344. The molecule has 2 rings (SSSR count). The number of carbonyl (C=O) groups is 1. The van der Waals surface area contributed by atoms with Crippen LogP contribution in [-0.2, 0) is 9.53 Å². The van der Waals surface area contributed by atoms with Crippen molar-refractivity contribution in [3.8, 4) is 0 Å². The van der Waals surface area contributed by atoms with Gasteiger partial charge in [0.2, 0.25) is 0 Å². The molecule has 1 atom stereocenters. The van der Waals surface area contributed by atoms with E-state index in [2.05, 4.69) is 13.8 Å². The first-order valence-electron chi connectivity index (χ1n) is 8.10. The Bertz CT molecular complexity index is 537. The van der Waals surface area contributed by atoms with E-state index in [4.69, 9.17) is 15.6 Å². The monoisotopic (exact) mass is 329 g/mol. The molecule has 0 fully saturated rings. The lowest BCUT2D eigenvalue weighted by molar-refractivity contribution is -0.143. The molecular weight excluding hydrogens is 302 g/mol. The number of hydrogen-bond donors (Lipinski definition) is 2. The number of benzene rings is 2. The first-order valence-corrected chi connectivity index (χ1v) is 8.10. The molecule has 0 saturated heterocycles. The van der Waals surface area contributed by atoms with Crippen LogP contribution >= 0.6 is 0 Å². The largest absolute Gasteiger partial charge is 0.480 e. The van der Waals surface area contributed by atoms with E-state index in [0.717, 1.165) is 11.1 Å². The van der Waals surface area contributed by atoms with Gasteiger partial charge in [-0.2, -0.15) is 0 Å². The summed E-state index contributed by atoms with van der Waals surface area (Å²) < 4.78 is 5.48. The Hall–Kier alpha value is -2.17. The van der Waals surface area contributed by atoms with Crippen LogP contribution in [0.15, 0.2) is 60.7 Å². The highest BCUT2D eigenvalue weighted by atomic mass is 16.5. The number of carboxylic acids is 1. The van der Waals surface area contributed by atoms with Crippen molar-refractivity contribution in [2.75, 3.05) is 6.61 Å². The van der Waals surface area contributed by atoms with Gasteiger partial charge in [0, 0.05) is 6.04 Å². The summed E-state index contributed by atoms with van der Waals surface area (Å²) in [7, 11) is 0. The van der Waals surface area contributed by atoms with Gasteiger partial charge in [0.15, 0.2) is 0 Å². The third-order valence-corrected chi connectivity index (χ3v) is 3.63. The van der Waals surface area contributed by atoms with Gasteiger partial charge in [-0.05, 0) is 24.0 Å². The Morgan fingerprint density at radius 3 is 1.62 bits per heavy atom. The predicted molar refractivity (Wildman–Crippen MR) is 96.8 cm³/mol. The van der Waals surface area contributed by atoms with E-state index in [1.54, 1.807) is 0 Å². The SMILES string of the molecule is CC(C)C(C)N.O=C(O)COC(c1ccccc1)c1ccccc1. The first-order chi connectivity index (χ1) is 11.4. The summed E-state index contributed by atoms with van der Waals surface area (Å²) in [6, 6.07) is 19.6. The maximum atomic E-state index is 10.6. The molecule has 0 bridgehead atoms. The molecule has 2 aromatic rings. The first kappa shape index (κ1) is 19.9. The number of nitrogens with two attached hydrogens (primary N) is 1. The van der Waals surface area contributed by atoms with E-state index in [9.17, 15) is 4.79 Å². The smallest absolute Gasteiger partial charge is 0.329 e. The lowest BCUT2D eigenvalue weighted by Crippen LogP contribution is -2.21. The normalized spacial score (nSPS) is 11.8. The van der Waals surface area contributed by atoms with E-state index >= 15 is 0 Å². The quantitative estimate of drug-likeness (QED) is 0.844. The van der Waals surface area contributed by atoms with E-state index in [1.165, 1.54) is 0 Å². The molecule has 24 heavy (non-hydrogen) atoms. The molecule has 4 heteroatoms. The van der Waals surface area contributed by atoms with Gasteiger partial charge in [-0.25, -0.2) is 4.79 Å². The van der Waals surface area contributed by atoms with E-state index in [0.29, 0.717) is 12.0 Å². The number of rotatable bonds is 6. The maximum absolute atomic E-state index is 10.6. The zero-order valence-electron chi connectivity index (χ0n) is 14.6. The Balaban J connectivity index is 0.000000413. The van der Waals surface area contributed by atoms with Crippen molar-refractivity contribution in [1.29, 1.82) is 0 Å². The number of ether oxygens (including phenoxy) is 1. The van der Waals surface area contributed by atoms with Crippen LogP contribution in [-0.4, -0.2) is 23.7 Å². The highest BCUT2D eigenvalue weighted by Crippen LogP contribution is 2.25. The second-order valence-corrected chi connectivity index (χ2v) is 6.01. The van der Waals surface area contributed by atoms with Crippen molar-refractivity contribution >= 4 is 5.97 Å². The van der Waals surface area contributed by atoms with Crippen molar-refractivity contribution < 1.29 is 14.6 Å². The molecular formula is C20H27NO3. The fourth-order valence-corrected chi connectivity index (χ4v) is 1.80. The van der Waals surface area contributed by atoms with E-state index in [-0.39, 0.29) is 12.7 Å². The minimum Gasteiger partial charge on any atom is -0.480 e. The zero-order chi connectivity index (χ0) is 17.9. The molecule has 0 saturated carbocycles. The van der Waals surface area contributed by atoms with Gasteiger partial charge in [0.1, 0.15) is 12.7 Å². The Morgan fingerprint density at radius 2 is 1.33 bits per heavy atom. The topological polar surface area (TPSA) is 72.6 Å². The fourth-order valence-electron chi connectivity index (χ4n) is 1.80. The molecule has 0 spiro atoms. The average molecular weight is 329 g/mol. The number of hydrogen-bond acceptors (Lipinski definition) is 3. The fraction of sp³-hybridized carbons (Fsp3) is 0.350. The summed E-state index contributed by atoms with van der Waals surface area (Å²) in [5.41, 5.74) is 7.33. The Morgan fingerprint density at radius 1 is 0.958 bits per heavy atom. The van der Waals surface area contributed by atoms with E-state index < -0.39 is 5.97 Å². The molecule has 0 aliphatic carbocycles. The summed E-state index contributed by atoms with van der Waals surface area (Å²) in [6.45, 7) is 5.94. The summed E-state index contributed by atoms with van der Waals surface area (Å²) in [5, 5.41) is 8.73. The Labute approximate surface area is 144 Å². The minimum absolute atomic E-state index is 0.311. The summed E-state index contributed by atoms with van der Waals surface area (Å²) in [4.78, 5) is 10.6. The number of aliphatic carboxylic acids is 1. The standard InChI is InChI=1S/C15H14O3.C5H13N/c16-14(17)11-18-15(12-7-3-1-4-8-12)13-9-5-2-6-10-13;1-4(2)5(3)6/h1-10,15H,11H2,(H,16,17);4-5H,6H2,1-3H3. The highest BCUT2D eigenvalue weighted by molar-refractivity contribution is 5.68. The molecule has 0 amide bonds. The van der Waals surface area contributed by atoms with Gasteiger partial charge in [-0.15, -0.1) is 0 Å². The van der Waals surface area contributed by atoms with Crippen molar-refractivity contribution in [2.24, 2.45) is 11.7 Å². The van der Waals surface area contributed by atoms with Crippen LogP contribution in [0.2, 0.25) is 0 Å². The molecule has 0 aromatic heterocycles. The van der Waals surface area contributed by atoms with Crippen LogP contribution in [0.1, 0.15) is 38.0 Å². The molecule has 0 aliphatic rings. The molecule has 1 unspecified atom stereocenters. The van der Waals surface area contributed by atoms with Crippen molar-refractivity contribution in [2.45, 2.75) is 32.9 Å². The Kier molecular flexibility index (Phi) is 8.76.